The molecule has 0 aromatic carbocycles. The van der Waals surface area contributed by atoms with Gasteiger partial charge in [0.25, 0.3) is 0 Å². The quantitative estimate of drug-likeness (QED) is 0.751. The molecule has 0 aliphatic rings. The second-order valence-electron chi connectivity index (χ2n) is 2.00. The molecule has 0 saturated heterocycles. The molecule has 0 radical (unpaired) electrons. The molecule has 0 atom stereocenters. The number of aliphatic hydroxyl groups excluding tert-OH is 1. The van der Waals surface area contributed by atoms with Crippen LogP contribution in [0.5, 0.6) is 0 Å². The van der Waals surface area contributed by atoms with Crippen molar-refractivity contribution in [1.82, 2.24) is 0 Å². The molecular formula is C6H12Br2O. The van der Waals surface area contributed by atoms with Gasteiger partial charge in [-0.1, -0.05) is 31.9 Å². The number of hydrogen-bond acceptors (Lipinski definition) is 1. The largest absolute Gasteiger partial charge is 0.396 e. The minimum atomic E-state index is 0.317. The lowest BCUT2D eigenvalue weighted by Gasteiger charge is -2.08. The molecule has 0 fully saturated rings. The molecule has 1 nitrogen and oxygen atoms in total. The summed E-state index contributed by atoms with van der Waals surface area (Å²) in [4.78, 5) is 0. The Morgan fingerprint density at radius 3 is 1.78 bits per heavy atom. The zero-order chi connectivity index (χ0) is 7.11. The highest BCUT2D eigenvalue weighted by Gasteiger charge is 2.03. The van der Waals surface area contributed by atoms with E-state index in [1.807, 2.05) is 0 Å². The van der Waals surface area contributed by atoms with Crippen molar-refractivity contribution in [1.29, 1.82) is 0 Å². The minimum absolute atomic E-state index is 0.317. The van der Waals surface area contributed by atoms with E-state index in [4.69, 9.17) is 5.11 Å². The van der Waals surface area contributed by atoms with Gasteiger partial charge in [-0.25, -0.2) is 0 Å². The molecule has 9 heavy (non-hydrogen) atoms. The molecule has 0 aliphatic heterocycles. The monoisotopic (exact) mass is 258 g/mol. The third-order valence-electron chi connectivity index (χ3n) is 1.29. The van der Waals surface area contributed by atoms with Crippen LogP contribution in [-0.4, -0.2) is 22.4 Å². The first kappa shape index (κ1) is 9.92. The van der Waals surface area contributed by atoms with Gasteiger partial charge in [-0.2, -0.15) is 0 Å². The Morgan fingerprint density at radius 1 is 1.11 bits per heavy atom. The Labute approximate surface area is 73.1 Å². The lowest BCUT2D eigenvalue weighted by Crippen LogP contribution is -2.06. The smallest absolute Gasteiger partial charge is 0.0459 e. The fourth-order valence-electron chi connectivity index (χ4n) is 0.636. The lowest BCUT2D eigenvalue weighted by atomic mass is 10.1. The van der Waals surface area contributed by atoms with Crippen LogP contribution in [0.3, 0.4) is 0 Å². The van der Waals surface area contributed by atoms with Crippen LogP contribution < -0.4 is 0 Å². The average molecular weight is 260 g/mol. The molecule has 0 aliphatic carbocycles. The van der Waals surface area contributed by atoms with Crippen molar-refractivity contribution in [3.8, 4) is 0 Å². The predicted molar refractivity (Wildman–Crippen MR) is 47.4 cm³/mol. The van der Waals surface area contributed by atoms with E-state index in [0.29, 0.717) is 12.5 Å². The van der Waals surface area contributed by atoms with E-state index >= 15 is 0 Å². The van der Waals surface area contributed by atoms with Gasteiger partial charge in [-0.05, 0) is 18.8 Å². The van der Waals surface area contributed by atoms with Gasteiger partial charge < -0.3 is 5.11 Å². The highest BCUT2D eigenvalue weighted by atomic mass is 79.9. The van der Waals surface area contributed by atoms with Crippen molar-refractivity contribution in [2.24, 2.45) is 5.92 Å². The van der Waals surface area contributed by atoms with Gasteiger partial charge >= 0.3 is 0 Å². The molecule has 0 aromatic heterocycles. The number of alkyl halides is 2. The normalized spacial score (nSPS) is 10.7. The molecule has 0 saturated carbocycles. The molecule has 1 N–H and O–H groups in total. The van der Waals surface area contributed by atoms with Crippen LogP contribution in [0.25, 0.3) is 0 Å². The first-order chi connectivity index (χ1) is 4.35. The predicted octanol–water partition coefficient (Wildman–Crippen LogP) is 2.16. The molecular weight excluding hydrogens is 248 g/mol. The lowest BCUT2D eigenvalue weighted by molar-refractivity contribution is 0.221. The van der Waals surface area contributed by atoms with Gasteiger partial charge in [-0.15, -0.1) is 0 Å². The molecule has 3 heteroatoms. The number of rotatable bonds is 5. The van der Waals surface area contributed by atoms with Crippen LogP contribution in [-0.2, 0) is 0 Å². The van der Waals surface area contributed by atoms with Crippen molar-refractivity contribution in [2.45, 2.75) is 12.8 Å². The number of halogens is 2. The highest BCUT2D eigenvalue weighted by Crippen LogP contribution is 2.10. The molecule has 0 bridgehead atoms. The maximum Gasteiger partial charge on any atom is 0.0459 e. The van der Waals surface area contributed by atoms with E-state index < -0.39 is 0 Å². The van der Waals surface area contributed by atoms with E-state index in [1.165, 1.54) is 0 Å². The second-order valence-corrected chi connectivity index (χ2v) is 3.59. The first-order valence-electron chi connectivity index (χ1n) is 3.08. The SMILES string of the molecule is OCC(CCBr)CCBr. The van der Waals surface area contributed by atoms with Crippen LogP contribution >= 0.6 is 31.9 Å². The van der Waals surface area contributed by atoms with Gasteiger partial charge in [0.05, 0.1) is 0 Å². The first-order valence-corrected chi connectivity index (χ1v) is 5.32. The molecule has 0 amide bonds. The van der Waals surface area contributed by atoms with E-state index in [-0.39, 0.29) is 0 Å². The zero-order valence-electron chi connectivity index (χ0n) is 5.32. The van der Waals surface area contributed by atoms with E-state index in [9.17, 15) is 0 Å². The third kappa shape index (κ3) is 5.37. The Morgan fingerprint density at radius 2 is 1.56 bits per heavy atom. The fraction of sp³-hybridized carbons (Fsp3) is 1.00. The van der Waals surface area contributed by atoms with Crippen LogP contribution in [0.15, 0.2) is 0 Å². The van der Waals surface area contributed by atoms with E-state index in [0.717, 1.165) is 23.5 Å². The van der Waals surface area contributed by atoms with Gasteiger partial charge in [0, 0.05) is 17.3 Å². The van der Waals surface area contributed by atoms with Gasteiger partial charge in [-0.3, -0.25) is 0 Å². The summed E-state index contributed by atoms with van der Waals surface area (Å²) in [5.74, 6) is 0.476. The molecule has 0 heterocycles. The summed E-state index contributed by atoms with van der Waals surface area (Å²) in [6.45, 7) is 0.317. The summed E-state index contributed by atoms with van der Waals surface area (Å²) >= 11 is 6.67. The Hall–Kier alpha value is 0.920. The maximum atomic E-state index is 8.75. The van der Waals surface area contributed by atoms with E-state index in [1.54, 1.807) is 0 Å². The number of hydrogen-bond donors (Lipinski definition) is 1. The molecule has 0 spiro atoms. The topological polar surface area (TPSA) is 20.2 Å². The summed E-state index contributed by atoms with van der Waals surface area (Å²) in [5.41, 5.74) is 0. The third-order valence-corrected chi connectivity index (χ3v) is 2.21. The summed E-state index contributed by atoms with van der Waals surface area (Å²) in [5, 5.41) is 10.7. The van der Waals surface area contributed by atoms with Gasteiger partial charge in [0.2, 0.25) is 0 Å². The summed E-state index contributed by atoms with van der Waals surface area (Å²) in [6.07, 6.45) is 2.14. The summed E-state index contributed by atoms with van der Waals surface area (Å²) in [6, 6.07) is 0. The maximum absolute atomic E-state index is 8.75. The van der Waals surface area contributed by atoms with Crippen LogP contribution in [0.1, 0.15) is 12.8 Å². The zero-order valence-corrected chi connectivity index (χ0v) is 8.49. The molecule has 0 unspecified atom stereocenters. The van der Waals surface area contributed by atoms with Crippen LogP contribution in [0.2, 0.25) is 0 Å². The highest BCUT2D eigenvalue weighted by molar-refractivity contribution is 9.09. The van der Waals surface area contributed by atoms with Gasteiger partial charge in [0.15, 0.2) is 0 Å². The van der Waals surface area contributed by atoms with Crippen LogP contribution in [0.4, 0.5) is 0 Å². The minimum Gasteiger partial charge on any atom is -0.396 e. The standard InChI is InChI=1S/C6H12Br2O/c7-3-1-6(5-9)2-4-8/h6,9H,1-5H2. The fourth-order valence-corrected chi connectivity index (χ4v) is 1.93. The Balaban J connectivity index is 3.18. The van der Waals surface area contributed by atoms with Crippen molar-refractivity contribution in [2.75, 3.05) is 17.3 Å². The molecule has 56 valence electrons. The van der Waals surface area contributed by atoms with Crippen LogP contribution in [0, 0.1) is 5.92 Å². The molecule has 0 rings (SSSR count). The van der Waals surface area contributed by atoms with Gasteiger partial charge in [0.1, 0.15) is 0 Å². The van der Waals surface area contributed by atoms with Crippen molar-refractivity contribution in [3.63, 3.8) is 0 Å². The Kier molecular flexibility index (Phi) is 7.75. The Bertz CT molecular complexity index is 53.0. The summed E-state index contributed by atoms with van der Waals surface area (Å²) < 4.78 is 0. The van der Waals surface area contributed by atoms with Crippen molar-refractivity contribution in [3.05, 3.63) is 0 Å². The van der Waals surface area contributed by atoms with Crippen molar-refractivity contribution < 1.29 is 5.11 Å². The second kappa shape index (κ2) is 7.03. The van der Waals surface area contributed by atoms with Crippen molar-refractivity contribution >= 4 is 31.9 Å². The molecule has 0 aromatic rings. The average Bonchev–Trinajstić information content (AvgIpc) is 1.88. The summed E-state index contributed by atoms with van der Waals surface area (Å²) in [7, 11) is 0. The van der Waals surface area contributed by atoms with E-state index in [2.05, 4.69) is 31.9 Å². The number of aliphatic hydroxyl groups is 1.